The van der Waals surface area contributed by atoms with Crippen molar-refractivity contribution in [3.8, 4) is 11.5 Å². The van der Waals surface area contributed by atoms with Crippen LogP contribution in [-0.4, -0.2) is 52.9 Å². The van der Waals surface area contributed by atoms with Crippen LogP contribution in [0.1, 0.15) is 18.4 Å². The molecule has 1 aliphatic carbocycles. The molecule has 2 fully saturated rings. The number of fused-ring (bicyclic) bond motifs is 1. The maximum Gasteiger partial charge on any atom is 0.240 e. The zero-order chi connectivity index (χ0) is 27.7. The van der Waals surface area contributed by atoms with Gasteiger partial charge in [-0.3, -0.25) is 9.59 Å². The van der Waals surface area contributed by atoms with Crippen molar-refractivity contribution < 1.29 is 18.7 Å². The normalized spacial score (nSPS) is 15.9. The fraction of sp³-hybridized carbons (Fsp3) is 0.276. The van der Waals surface area contributed by atoms with Crippen molar-refractivity contribution in [2.75, 3.05) is 41.7 Å². The Hall–Kier alpha value is -4.64. The van der Waals surface area contributed by atoms with Crippen molar-refractivity contribution in [3.05, 3.63) is 72.3 Å². The van der Waals surface area contributed by atoms with Gasteiger partial charge in [0.15, 0.2) is 28.5 Å². The molecule has 0 bridgehead atoms. The van der Waals surface area contributed by atoms with Crippen LogP contribution in [0.15, 0.2) is 60.9 Å². The summed E-state index contributed by atoms with van der Waals surface area (Å²) in [5.74, 6) is -0.532. The fourth-order valence-corrected chi connectivity index (χ4v) is 4.62. The van der Waals surface area contributed by atoms with Crippen LogP contribution in [0.4, 0.5) is 21.6 Å². The standard InChI is InChI=1S/C29H28FN7O3/c1-18-2-4-19(5-3-18)34-27(38)29(9-10-29)28(39)35-20-6-7-22(21(30)16-20)40-23-8-11-32-26-25(23)33-17-24(36-26)37-14-12-31-13-15-37/h2-8,11,16-17,31H,9-10,12-15H2,1H3,(H,34,38)(H,35,39). The molecule has 0 radical (unpaired) electrons. The molecule has 1 saturated heterocycles. The smallest absolute Gasteiger partial charge is 0.240 e. The highest BCUT2D eigenvalue weighted by atomic mass is 19.1. The van der Waals surface area contributed by atoms with Crippen molar-refractivity contribution in [2.45, 2.75) is 19.8 Å². The molecule has 2 aliphatic rings. The second-order valence-corrected chi connectivity index (χ2v) is 10.1. The molecule has 6 rings (SSSR count). The summed E-state index contributed by atoms with van der Waals surface area (Å²) in [6.07, 6.45) is 4.05. The van der Waals surface area contributed by atoms with Gasteiger partial charge in [0, 0.05) is 55.9 Å². The van der Waals surface area contributed by atoms with Crippen LogP contribution < -0.4 is 25.6 Å². The lowest BCUT2D eigenvalue weighted by atomic mass is 10.0. The molecule has 2 aromatic carbocycles. The second kappa shape index (κ2) is 10.5. The third-order valence-corrected chi connectivity index (χ3v) is 7.18. The Morgan fingerprint density at radius 3 is 2.35 bits per heavy atom. The first-order valence-electron chi connectivity index (χ1n) is 13.2. The van der Waals surface area contributed by atoms with Crippen LogP contribution in [0.25, 0.3) is 11.2 Å². The molecule has 10 nitrogen and oxygen atoms in total. The number of nitrogens with zero attached hydrogens (tertiary/aromatic N) is 4. The number of anilines is 3. The molecule has 0 spiro atoms. The van der Waals surface area contributed by atoms with E-state index in [1.807, 2.05) is 19.1 Å². The largest absolute Gasteiger partial charge is 0.452 e. The molecule has 204 valence electrons. The van der Waals surface area contributed by atoms with Gasteiger partial charge in [0.25, 0.3) is 0 Å². The van der Waals surface area contributed by atoms with Gasteiger partial charge in [-0.05, 0) is 44.0 Å². The number of aryl methyl sites for hydroxylation is 1. The predicted octanol–water partition coefficient (Wildman–Crippen LogP) is 4.03. The summed E-state index contributed by atoms with van der Waals surface area (Å²) in [6, 6.07) is 13.1. The third kappa shape index (κ3) is 5.15. The van der Waals surface area contributed by atoms with Crippen molar-refractivity contribution in [3.63, 3.8) is 0 Å². The lowest BCUT2D eigenvalue weighted by Gasteiger charge is -2.28. The third-order valence-electron chi connectivity index (χ3n) is 7.18. The molecular formula is C29H28FN7O3. The first-order chi connectivity index (χ1) is 19.4. The number of aromatic nitrogens is 3. The molecule has 3 N–H and O–H groups in total. The molecule has 0 atom stereocenters. The zero-order valence-electron chi connectivity index (χ0n) is 21.9. The number of carbonyl (C=O) groups is 2. The Bertz CT molecular complexity index is 1580. The topological polar surface area (TPSA) is 121 Å². The van der Waals surface area contributed by atoms with E-state index < -0.39 is 17.1 Å². The van der Waals surface area contributed by atoms with Crippen LogP contribution >= 0.6 is 0 Å². The maximum absolute atomic E-state index is 15.1. The van der Waals surface area contributed by atoms with Crippen molar-refractivity contribution in [1.82, 2.24) is 20.3 Å². The Balaban J connectivity index is 1.14. The lowest BCUT2D eigenvalue weighted by Crippen LogP contribution is -2.43. The second-order valence-electron chi connectivity index (χ2n) is 10.1. The molecule has 2 amide bonds. The van der Waals surface area contributed by atoms with Gasteiger partial charge >= 0.3 is 0 Å². The minimum Gasteiger partial charge on any atom is -0.452 e. The molecule has 40 heavy (non-hydrogen) atoms. The fourth-order valence-electron chi connectivity index (χ4n) is 4.62. The van der Waals surface area contributed by atoms with Crippen LogP contribution in [0, 0.1) is 18.2 Å². The summed E-state index contributed by atoms with van der Waals surface area (Å²) in [6.45, 7) is 5.33. The number of hydrogen-bond donors (Lipinski definition) is 3. The average Bonchev–Trinajstić information content (AvgIpc) is 3.79. The molecule has 1 saturated carbocycles. The van der Waals surface area contributed by atoms with Gasteiger partial charge < -0.3 is 25.6 Å². The maximum atomic E-state index is 15.1. The summed E-state index contributed by atoms with van der Waals surface area (Å²) in [5.41, 5.74) is 1.55. The highest BCUT2D eigenvalue weighted by molar-refractivity contribution is 6.16. The SMILES string of the molecule is Cc1ccc(NC(=O)C2(C(=O)Nc3ccc(Oc4ccnc5nc(N6CCNCC6)cnc45)c(F)c3)CC2)cc1. The van der Waals surface area contributed by atoms with Gasteiger partial charge in [0.2, 0.25) is 11.8 Å². The zero-order valence-corrected chi connectivity index (χ0v) is 21.9. The van der Waals surface area contributed by atoms with Gasteiger partial charge in [-0.25, -0.2) is 19.3 Å². The van der Waals surface area contributed by atoms with E-state index in [4.69, 9.17) is 4.74 Å². The van der Waals surface area contributed by atoms with E-state index in [9.17, 15) is 9.59 Å². The van der Waals surface area contributed by atoms with E-state index in [0.29, 0.717) is 35.4 Å². The number of nitrogens with one attached hydrogen (secondary N) is 3. The molecule has 3 heterocycles. The number of carbonyl (C=O) groups excluding carboxylic acids is 2. The van der Waals surface area contributed by atoms with Crippen molar-refractivity contribution >= 4 is 40.2 Å². The highest BCUT2D eigenvalue weighted by Gasteiger charge is 2.56. The Kier molecular flexibility index (Phi) is 6.72. The Labute approximate surface area is 230 Å². The number of benzene rings is 2. The van der Waals surface area contributed by atoms with Gasteiger partial charge in [-0.1, -0.05) is 17.7 Å². The van der Waals surface area contributed by atoms with E-state index in [-0.39, 0.29) is 17.3 Å². The van der Waals surface area contributed by atoms with Gasteiger partial charge in [0.1, 0.15) is 11.2 Å². The van der Waals surface area contributed by atoms with E-state index in [1.54, 1.807) is 24.4 Å². The first kappa shape index (κ1) is 25.6. The molecule has 2 aromatic heterocycles. The number of piperazine rings is 1. The van der Waals surface area contributed by atoms with Gasteiger partial charge in [0.05, 0.1) is 6.20 Å². The Morgan fingerprint density at radius 2 is 1.65 bits per heavy atom. The van der Waals surface area contributed by atoms with Crippen LogP contribution in [0.3, 0.4) is 0 Å². The Morgan fingerprint density at radius 1 is 0.950 bits per heavy atom. The van der Waals surface area contributed by atoms with Crippen LogP contribution in [-0.2, 0) is 9.59 Å². The molecular weight excluding hydrogens is 513 g/mol. The van der Waals surface area contributed by atoms with E-state index in [2.05, 4.69) is 35.8 Å². The van der Waals surface area contributed by atoms with E-state index >= 15 is 4.39 Å². The summed E-state index contributed by atoms with van der Waals surface area (Å²) in [5, 5.41) is 8.79. The van der Waals surface area contributed by atoms with Gasteiger partial charge in [-0.15, -0.1) is 0 Å². The minimum absolute atomic E-state index is 0.0447. The molecule has 4 aromatic rings. The molecule has 1 aliphatic heterocycles. The highest BCUT2D eigenvalue weighted by Crippen LogP contribution is 2.47. The van der Waals surface area contributed by atoms with Crippen molar-refractivity contribution in [1.29, 1.82) is 0 Å². The number of ether oxygens (including phenoxy) is 1. The first-order valence-corrected chi connectivity index (χ1v) is 13.2. The van der Waals surface area contributed by atoms with Crippen molar-refractivity contribution in [2.24, 2.45) is 5.41 Å². The van der Waals surface area contributed by atoms with Crippen LogP contribution in [0.2, 0.25) is 0 Å². The number of hydrogen-bond acceptors (Lipinski definition) is 8. The van der Waals surface area contributed by atoms with Gasteiger partial charge in [-0.2, -0.15) is 0 Å². The monoisotopic (exact) mass is 541 g/mol. The number of pyridine rings is 1. The number of amides is 2. The molecule has 11 heteroatoms. The lowest BCUT2D eigenvalue weighted by molar-refractivity contribution is -0.131. The summed E-state index contributed by atoms with van der Waals surface area (Å²) in [4.78, 5) is 41.4. The number of halogens is 1. The predicted molar refractivity (Wildman–Crippen MR) is 149 cm³/mol. The summed E-state index contributed by atoms with van der Waals surface area (Å²) < 4.78 is 20.9. The summed E-state index contributed by atoms with van der Waals surface area (Å²) in [7, 11) is 0. The van der Waals surface area contributed by atoms with E-state index in [1.165, 1.54) is 24.4 Å². The van der Waals surface area contributed by atoms with Crippen LogP contribution in [0.5, 0.6) is 11.5 Å². The quantitative estimate of drug-likeness (QED) is 0.300. The average molecular weight is 542 g/mol. The van der Waals surface area contributed by atoms with E-state index in [0.717, 1.165) is 37.6 Å². The minimum atomic E-state index is -1.17. The summed E-state index contributed by atoms with van der Waals surface area (Å²) >= 11 is 0. The molecule has 0 unspecified atom stereocenters. The number of rotatable bonds is 7.